The minimum atomic E-state index is -5.22. The van der Waals surface area contributed by atoms with Gasteiger partial charge >= 0.3 is 26.2 Å². The molecule has 0 radical (unpaired) electrons. The number of hydrogen-bond donors (Lipinski definition) is 0. The molecule has 0 amide bonds. The molecule has 0 spiro atoms. The normalized spacial score (nSPS) is 22.1. The topological polar surface area (TPSA) is 92.8 Å². The van der Waals surface area contributed by atoms with Gasteiger partial charge < -0.3 is 28.2 Å². The van der Waals surface area contributed by atoms with Crippen molar-refractivity contribution in [2.45, 2.75) is 57.2 Å². The largest absolute Gasteiger partial charge is 0.658 e. The number of nitrogens with zero attached hydrogens (tertiary/aromatic N) is 3. The molecular weight excluding hydrogens is 656 g/mol. The summed E-state index contributed by atoms with van der Waals surface area (Å²) in [5.74, 6) is 0. The average Bonchev–Trinajstić information content (AvgIpc) is 2.98. The molecular formula is C24H39BF9N3O9. The average molecular weight is 695 g/mol. The molecule has 0 aromatic carbocycles. The lowest BCUT2D eigenvalue weighted by molar-refractivity contribution is -0.443. The first-order valence-electron chi connectivity index (χ1n) is 14.7. The van der Waals surface area contributed by atoms with E-state index in [4.69, 9.17) is 14.2 Å². The van der Waals surface area contributed by atoms with Crippen LogP contribution in [-0.4, -0.2) is 159 Å². The number of hydrogen-bond acceptors (Lipinski definition) is 12. The van der Waals surface area contributed by atoms with Crippen LogP contribution in [0.3, 0.4) is 0 Å². The van der Waals surface area contributed by atoms with Crippen LogP contribution >= 0.6 is 0 Å². The fourth-order valence-electron chi connectivity index (χ4n) is 4.44. The first kappa shape index (κ1) is 39.4. The van der Waals surface area contributed by atoms with E-state index in [2.05, 4.69) is 28.2 Å². The monoisotopic (exact) mass is 695 g/mol. The highest BCUT2D eigenvalue weighted by Gasteiger charge is 2.54. The summed E-state index contributed by atoms with van der Waals surface area (Å²) in [4.78, 5) is 4.96. The second kappa shape index (κ2) is 19.2. The summed E-state index contributed by atoms with van der Waals surface area (Å²) in [5, 5.41) is 0. The number of rotatable bonds is 21. The third kappa shape index (κ3) is 16.4. The van der Waals surface area contributed by atoms with E-state index in [0.717, 1.165) is 0 Å². The summed E-state index contributed by atoms with van der Waals surface area (Å²) >= 11 is 0. The maximum absolute atomic E-state index is 14.4. The van der Waals surface area contributed by atoms with Gasteiger partial charge in [0.2, 0.25) is 19.1 Å². The SMILES string of the molecule is FC(CCN1CCOCC1)OC(F)(F)OB(OC(F)(F)OC(F)CCN1CCOCC1)OC(F)(F)OC(F)CCN1CCOCC1. The lowest BCUT2D eigenvalue weighted by Crippen LogP contribution is -2.49. The molecule has 12 nitrogen and oxygen atoms in total. The molecule has 46 heavy (non-hydrogen) atoms. The Balaban J connectivity index is 1.57. The van der Waals surface area contributed by atoms with E-state index in [9.17, 15) is 39.5 Å². The zero-order valence-electron chi connectivity index (χ0n) is 25.0. The van der Waals surface area contributed by atoms with Crippen LogP contribution in [0.15, 0.2) is 0 Å². The third-order valence-electron chi connectivity index (χ3n) is 6.82. The first-order valence-corrected chi connectivity index (χ1v) is 14.7. The lowest BCUT2D eigenvalue weighted by Gasteiger charge is -2.30. The van der Waals surface area contributed by atoms with Crippen molar-refractivity contribution in [3.63, 3.8) is 0 Å². The number of halogens is 9. The molecule has 3 saturated heterocycles. The van der Waals surface area contributed by atoms with Gasteiger partial charge in [-0.3, -0.25) is 28.9 Å². The molecule has 0 aromatic rings. The van der Waals surface area contributed by atoms with Crippen LogP contribution in [-0.2, 0) is 42.4 Å². The van der Waals surface area contributed by atoms with Gasteiger partial charge in [0.25, 0.3) is 0 Å². The van der Waals surface area contributed by atoms with Gasteiger partial charge in [-0.1, -0.05) is 0 Å². The third-order valence-corrected chi connectivity index (χ3v) is 6.82. The van der Waals surface area contributed by atoms with E-state index in [1.165, 1.54) is 0 Å². The Bertz CT molecular complexity index is 745. The minimum Gasteiger partial charge on any atom is -0.379 e. The number of alkyl halides is 9. The summed E-state index contributed by atoms with van der Waals surface area (Å²) in [5.41, 5.74) is 0. The van der Waals surface area contributed by atoms with Gasteiger partial charge in [-0.2, -0.15) is 0 Å². The van der Waals surface area contributed by atoms with E-state index in [-0.39, 0.29) is 19.6 Å². The molecule has 3 unspecified atom stereocenters. The summed E-state index contributed by atoms with van der Waals surface area (Å²) in [7, 11) is -3.86. The van der Waals surface area contributed by atoms with Crippen LogP contribution in [0.1, 0.15) is 19.3 Å². The standard InChI is InChI=1S/C24H39BF9N3O9/c26-19(1-4-35-7-13-38-14-8-35)41-22(29,30)44-25(45-23(31,32)42-20(27)2-5-36-9-15-39-16-10-36)46-24(33,34)43-21(28)3-6-37-11-17-40-18-12-37/h19-21H,1-18H2. The second-order valence-electron chi connectivity index (χ2n) is 10.3. The molecule has 3 fully saturated rings. The van der Waals surface area contributed by atoms with Crippen molar-refractivity contribution in [1.82, 2.24) is 14.7 Å². The molecule has 22 heteroatoms. The maximum atomic E-state index is 14.4. The summed E-state index contributed by atoms with van der Waals surface area (Å²) < 4.78 is 167. The van der Waals surface area contributed by atoms with Gasteiger partial charge in [-0.05, 0) is 0 Å². The van der Waals surface area contributed by atoms with Crippen LogP contribution in [0, 0.1) is 0 Å². The second-order valence-corrected chi connectivity index (χ2v) is 10.3. The smallest absolute Gasteiger partial charge is 0.379 e. The van der Waals surface area contributed by atoms with Crippen molar-refractivity contribution in [2.24, 2.45) is 0 Å². The Kier molecular flexibility index (Phi) is 16.5. The van der Waals surface area contributed by atoms with Crippen molar-refractivity contribution >= 4 is 7.32 Å². The van der Waals surface area contributed by atoms with E-state index in [0.29, 0.717) is 78.9 Å². The van der Waals surface area contributed by atoms with Crippen LogP contribution < -0.4 is 0 Å². The fraction of sp³-hybridized carbons (Fsp3) is 1.00. The Hall–Kier alpha value is -1.05. The van der Waals surface area contributed by atoms with E-state index >= 15 is 0 Å². The minimum absolute atomic E-state index is 0.0838. The van der Waals surface area contributed by atoms with Gasteiger partial charge in [-0.15, -0.1) is 26.3 Å². The van der Waals surface area contributed by atoms with Crippen molar-refractivity contribution in [3.05, 3.63) is 0 Å². The van der Waals surface area contributed by atoms with Gasteiger partial charge in [0.05, 0.1) is 39.6 Å². The van der Waals surface area contributed by atoms with Gasteiger partial charge in [-0.25, -0.2) is 13.2 Å². The molecule has 0 bridgehead atoms. The Morgan fingerprint density at radius 3 is 0.957 bits per heavy atom. The zero-order valence-corrected chi connectivity index (χ0v) is 25.0. The van der Waals surface area contributed by atoms with Crippen LogP contribution in [0.5, 0.6) is 0 Å². The Labute approximate surface area is 260 Å². The molecule has 270 valence electrons. The zero-order chi connectivity index (χ0) is 33.6. The van der Waals surface area contributed by atoms with Gasteiger partial charge in [0.1, 0.15) is 0 Å². The molecule has 0 aliphatic carbocycles. The predicted octanol–water partition coefficient (Wildman–Crippen LogP) is 2.78. The van der Waals surface area contributed by atoms with Crippen molar-refractivity contribution in [1.29, 1.82) is 0 Å². The highest BCUT2D eigenvalue weighted by atomic mass is 19.3. The highest BCUT2D eigenvalue weighted by Crippen LogP contribution is 2.31. The molecule has 3 rings (SSSR count). The van der Waals surface area contributed by atoms with Crippen molar-refractivity contribution < 1.29 is 81.9 Å². The fourth-order valence-corrected chi connectivity index (χ4v) is 4.44. The first-order chi connectivity index (χ1) is 21.7. The van der Waals surface area contributed by atoms with Gasteiger partial charge in [0, 0.05) is 78.2 Å². The van der Waals surface area contributed by atoms with Crippen LogP contribution in [0.25, 0.3) is 0 Å². The molecule has 0 N–H and O–H groups in total. The summed E-state index contributed by atoms with van der Waals surface area (Å²) in [6.45, 7) is 3.90. The molecule has 0 saturated carbocycles. The molecule has 3 atom stereocenters. The molecule has 3 aliphatic rings. The summed E-state index contributed by atoms with van der Waals surface area (Å²) in [6, 6.07) is 0. The van der Waals surface area contributed by atoms with E-state index in [1.54, 1.807) is 14.7 Å². The van der Waals surface area contributed by atoms with E-state index in [1.807, 2.05) is 0 Å². The maximum Gasteiger partial charge on any atom is 0.658 e. The van der Waals surface area contributed by atoms with E-state index < -0.39 is 64.5 Å². The molecule has 3 aliphatic heterocycles. The Morgan fingerprint density at radius 1 is 0.478 bits per heavy atom. The van der Waals surface area contributed by atoms with Crippen molar-refractivity contribution in [2.75, 3.05) is 98.5 Å². The van der Waals surface area contributed by atoms with Crippen molar-refractivity contribution in [3.8, 4) is 0 Å². The van der Waals surface area contributed by atoms with Gasteiger partial charge in [0.15, 0.2) is 0 Å². The Morgan fingerprint density at radius 2 is 0.717 bits per heavy atom. The van der Waals surface area contributed by atoms with Crippen LogP contribution in [0.4, 0.5) is 39.5 Å². The number of ether oxygens (including phenoxy) is 6. The number of morpholine rings is 3. The summed E-state index contributed by atoms with van der Waals surface area (Å²) in [6.07, 6.45) is -26.0. The predicted molar refractivity (Wildman–Crippen MR) is 137 cm³/mol. The highest BCUT2D eigenvalue weighted by molar-refractivity contribution is 6.36. The quantitative estimate of drug-likeness (QED) is 0.101. The van der Waals surface area contributed by atoms with Crippen LogP contribution in [0.2, 0.25) is 0 Å². The lowest BCUT2D eigenvalue weighted by atomic mass is 10.2. The molecule has 0 aromatic heterocycles. The molecule has 3 heterocycles.